The topological polar surface area (TPSA) is 132 Å². The monoisotopic (exact) mass is 473 g/mol. The van der Waals surface area contributed by atoms with Gasteiger partial charge >= 0.3 is 11.9 Å². The van der Waals surface area contributed by atoms with Crippen molar-refractivity contribution in [1.82, 2.24) is 0 Å². The molecule has 2 aliphatic heterocycles. The van der Waals surface area contributed by atoms with E-state index in [1.807, 2.05) is 36.4 Å². The first-order chi connectivity index (χ1) is 16.9. The first-order valence-corrected chi connectivity index (χ1v) is 10.9. The minimum absolute atomic E-state index is 0.0334. The minimum atomic E-state index is -1.91. The first kappa shape index (κ1) is 23.6. The highest BCUT2D eigenvalue weighted by molar-refractivity contribution is 6.19. The van der Waals surface area contributed by atoms with Crippen molar-refractivity contribution in [2.75, 3.05) is 18.1 Å². The lowest BCUT2D eigenvalue weighted by molar-refractivity contribution is -0.144. The second-order valence-electron chi connectivity index (χ2n) is 7.91. The van der Waals surface area contributed by atoms with Crippen LogP contribution < -0.4 is 10.6 Å². The molecule has 2 aromatic carbocycles. The van der Waals surface area contributed by atoms with Crippen molar-refractivity contribution in [3.63, 3.8) is 0 Å². The molecule has 0 fully saturated rings. The zero-order valence-corrected chi connectivity index (χ0v) is 19.2. The molecule has 0 bridgehead atoms. The van der Waals surface area contributed by atoms with Gasteiger partial charge in [0, 0.05) is 11.3 Å². The number of carbonyl (C=O) groups excluding carboxylic acids is 3. The molecule has 2 heterocycles. The zero-order chi connectivity index (χ0) is 25.2. The standard InChI is InChI=1S/C26H23N3O6/c1-3-33-24(31)22-16(2)35-23(28)19(13-27)26(22)18-11-7-8-12-20(18)29(25(26)32)14-21(30)34-15-17-9-5-4-6-10-17/h4-12H,3,14-15,28H2,1-2H3. The number of hydrogen-bond donors (Lipinski definition) is 1. The Labute approximate surface area is 202 Å². The van der Waals surface area contributed by atoms with Gasteiger partial charge < -0.3 is 19.9 Å². The van der Waals surface area contributed by atoms with Crippen molar-refractivity contribution in [2.24, 2.45) is 5.73 Å². The number of ether oxygens (including phenoxy) is 3. The van der Waals surface area contributed by atoms with Gasteiger partial charge in [-0.05, 0) is 25.5 Å². The third kappa shape index (κ3) is 3.79. The highest BCUT2D eigenvalue weighted by atomic mass is 16.5. The maximum Gasteiger partial charge on any atom is 0.339 e. The van der Waals surface area contributed by atoms with E-state index in [1.54, 1.807) is 31.2 Å². The number of nitrogens with zero attached hydrogens (tertiary/aromatic N) is 2. The lowest BCUT2D eigenvalue weighted by Crippen LogP contribution is -2.49. The van der Waals surface area contributed by atoms with Gasteiger partial charge in [-0.2, -0.15) is 5.26 Å². The van der Waals surface area contributed by atoms with Gasteiger partial charge in [0.1, 0.15) is 36.1 Å². The number of para-hydroxylation sites is 1. The molecular formula is C26H23N3O6. The van der Waals surface area contributed by atoms with Gasteiger partial charge in [0.05, 0.1) is 6.61 Å². The molecule has 4 rings (SSSR count). The van der Waals surface area contributed by atoms with Crippen LogP contribution in [0.2, 0.25) is 0 Å². The molecule has 1 spiro atoms. The van der Waals surface area contributed by atoms with E-state index >= 15 is 0 Å². The molecule has 0 aliphatic carbocycles. The summed E-state index contributed by atoms with van der Waals surface area (Å²) >= 11 is 0. The largest absolute Gasteiger partial charge is 0.462 e. The van der Waals surface area contributed by atoms with Gasteiger partial charge in [-0.15, -0.1) is 0 Å². The van der Waals surface area contributed by atoms with Crippen LogP contribution in [-0.2, 0) is 40.6 Å². The number of rotatable bonds is 6. The number of carbonyl (C=O) groups is 3. The van der Waals surface area contributed by atoms with Gasteiger partial charge in [-0.1, -0.05) is 48.5 Å². The lowest BCUT2D eigenvalue weighted by atomic mass is 9.68. The van der Waals surface area contributed by atoms with Crippen molar-refractivity contribution in [3.05, 3.63) is 88.5 Å². The van der Waals surface area contributed by atoms with E-state index in [1.165, 1.54) is 11.8 Å². The minimum Gasteiger partial charge on any atom is -0.462 e. The Morgan fingerprint density at radius 1 is 1.11 bits per heavy atom. The van der Waals surface area contributed by atoms with E-state index in [2.05, 4.69) is 0 Å². The number of benzene rings is 2. The summed E-state index contributed by atoms with van der Waals surface area (Å²) in [6, 6.07) is 17.7. The van der Waals surface area contributed by atoms with E-state index in [9.17, 15) is 19.6 Å². The second kappa shape index (κ2) is 9.35. The van der Waals surface area contributed by atoms with Crippen LogP contribution in [0.25, 0.3) is 0 Å². The van der Waals surface area contributed by atoms with E-state index in [0.717, 1.165) is 5.56 Å². The first-order valence-electron chi connectivity index (χ1n) is 10.9. The summed E-state index contributed by atoms with van der Waals surface area (Å²) in [5.74, 6) is -2.43. The van der Waals surface area contributed by atoms with E-state index < -0.39 is 29.8 Å². The van der Waals surface area contributed by atoms with Crippen molar-refractivity contribution >= 4 is 23.5 Å². The summed E-state index contributed by atoms with van der Waals surface area (Å²) < 4.78 is 16.1. The fraction of sp³-hybridized carbons (Fsp3) is 0.231. The Kier molecular flexibility index (Phi) is 6.30. The smallest absolute Gasteiger partial charge is 0.339 e. The molecule has 2 aliphatic rings. The molecule has 2 N–H and O–H groups in total. The van der Waals surface area contributed by atoms with E-state index in [4.69, 9.17) is 19.9 Å². The molecule has 0 saturated carbocycles. The number of esters is 2. The number of fused-ring (bicyclic) bond motifs is 2. The highest BCUT2D eigenvalue weighted by Gasteiger charge is 2.62. The molecule has 1 unspecified atom stereocenters. The Morgan fingerprint density at radius 3 is 2.49 bits per heavy atom. The van der Waals surface area contributed by atoms with Crippen LogP contribution in [0.15, 0.2) is 77.4 Å². The fourth-order valence-electron chi connectivity index (χ4n) is 4.49. The molecule has 1 amide bonds. The van der Waals surface area contributed by atoms with Crippen LogP contribution in [0.3, 0.4) is 0 Å². The van der Waals surface area contributed by atoms with Gasteiger partial charge in [-0.3, -0.25) is 14.5 Å². The zero-order valence-electron chi connectivity index (χ0n) is 19.2. The van der Waals surface area contributed by atoms with Crippen LogP contribution in [0.4, 0.5) is 5.69 Å². The maximum absolute atomic E-state index is 14.1. The van der Waals surface area contributed by atoms with Crippen LogP contribution in [0, 0.1) is 11.3 Å². The molecule has 2 aromatic rings. The van der Waals surface area contributed by atoms with Gasteiger partial charge in [-0.25, -0.2) is 4.79 Å². The number of nitrogens with two attached hydrogens (primary N) is 1. The number of nitriles is 1. The lowest BCUT2D eigenvalue weighted by Gasteiger charge is -2.34. The second-order valence-corrected chi connectivity index (χ2v) is 7.91. The summed E-state index contributed by atoms with van der Waals surface area (Å²) in [7, 11) is 0. The number of hydrogen-bond acceptors (Lipinski definition) is 8. The van der Waals surface area contributed by atoms with E-state index in [-0.39, 0.29) is 36.0 Å². The van der Waals surface area contributed by atoms with Crippen molar-refractivity contribution in [2.45, 2.75) is 25.9 Å². The van der Waals surface area contributed by atoms with E-state index in [0.29, 0.717) is 11.3 Å². The predicted octanol–water partition coefficient (Wildman–Crippen LogP) is 2.58. The third-order valence-electron chi connectivity index (χ3n) is 5.90. The van der Waals surface area contributed by atoms with Crippen LogP contribution in [0.5, 0.6) is 0 Å². The van der Waals surface area contributed by atoms with Gasteiger partial charge in [0.25, 0.3) is 0 Å². The van der Waals surface area contributed by atoms with Crippen molar-refractivity contribution in [1.29, 1.82) is 5.26 Å². The van der Waals surface area contributed by atoms with Crippen molar-refractivity contribution in [3.8, 4) is 6.07 Å². The van der Waals surface area contributed by atoms with Crippen LogP contribution in [0.1, 0.15) is 25.0 Å². The maximum atomic E-state index is 14.1. The Hall–Kier alpha value is -4.58. The molecule has 35 heavy (non-hydrogen) atoms. The predicted molar refractivity (Wildman–Crippen MR) is 124 cm³/mol. The number of anilines is 1. The molecule has 178 valence electrons. The molecule has 9 nitrogen and oxygen atoms in total. The molecule has 0 radical (unpaired) electrons. The number of allylic oxidation sites excluding steroid dienone is 1. The summed E-state index contributed by atoms with van der Waals surface area (Å²) in [6.07, 6.45) is 0. The average molecular weight is 473 g/mol. The Bertz CT molecular complexity index is 1310. The fourth-order valence-corrected chi connectivity index (χ4v) is 4.49. The average Bonchev–Trinajstić information content (AvgIpc) is 3.07. The summed E-state index contributed by atoms with van der Waals surface area (Å²) in [5.41, 5.74) is 5.20. The summed E-state index contributed by atoms with van der Waals surface area (Å²) in [5, 5.41) is 10.0. The quantitative estimate of drug-likeness (QED) is 0.633. The third-order valence-corrected chi connectivity index (χ3v) is 5.90. The summed E-state index contributed by atoms with van der Waals surface area (Å²) in [4.78, 5) is 41.1. The summed E-state index contributed by atoms with van der Waals surface area (Å²) in [6.45, 7) is 2.74. The Balaban J connectivity index is 1.78. The molecule has 0 aromatic heterocycles. The molecule has 0 saturated heterocycles. The van der Waals surface area contributed by atoms with Crippen LogP contribution >= 0.6 is 0 Å². The molecular weight excluding hydrogens is 450 g/mol. The van der Waals surface area contributed by atoms with Gasteiger partial charge in [0.15, 0.2) is 5.41 Å². The highest BCUT2D eigenvalue weighted by Crippen LogP contribution is 2.54. The SMILES string of the molecule is CCOC(=O)C1=C(C)OC(N)=C(C#N)C12C(=O)N(CC(=O)OCc1ccccc1)c1ccccc12. The molecule has 1 atom stereocenters. The van der Waals surface area contributed by atoms with Gasteiger partial charge in [0.2, 0.25) is 11.8 Å². The van der Waals surface area contributed by atoms with Crippen molar-refractivity contribution < 1.29 is 28.6 Å². The number of amides is 1. The molecule has 9 heteroatoms. The Morgan fingerprint density at radius 2 is 1.80 bits per heavy atom. The normalized spacial score (nSPS) is 18.8. The van der Waals surface area contributed by atoms with Crippen LogP contribution in [-0.4, -0.2) is 31.0 Å².